The Balaban J connectivity index is 0.898. The van der Waals surface area contributed by atoms with Gasteiger partial charge in [0.25, 0.3) is 0 Å². The molecule has 3 aliphatic rings. The second-order valence-electron chi connectivity index (χ2n) is 15.3. The van der Waals surface area contributed by atoms with Crippen LogP contribution in [-0.4, -0.2) is 63.5 Å². The van der Waals surface area contributed by atoms with Gasteiger partial charge in [0.1, 0.15) is 12.1 Å². The number of benzene rings is 3. The third kappa shape index (κ3) is 8.57. The number of nitrogens with zero attached hydrogens (tertiary/aromatic N) is 3. The van der Waals surface area contributed by atoms with Gasteiger partial charge in [-0.3, -0.25) is 43.3 Å². The van der Waals surface area contributed by atoms with Crippen molar-refractivity contribution in [1.29, 1.82) is 0 Å². The van der Waals surface area contributed by atoms with E-state index in [1.54, 1.807) is 11.9 Å². The molecule has 0 spiro atoms. The molecule has 1 saturated heterocycles. The van der Waals surface area contributed by atoms with Crippen LogP contribution in [-0.2, 0) is 73.0 Å². The highest BCUT2D eigenvalue weighted by molar-refractivity contribution is 6.05. The van der Waals surface area contributed by atoms with Crippen LogP contribution in [0.4, 0.5) is 5.69 Å². The minimum absolute atomic E-state index is 0.0451. The molecule has 4 atom stereocenters. The van der Waals surface area contributed by atoms with E-state index in [1.807, 2.05) is 67.6 Å². The van der Waals surface area contributed by atoms with Crippen LogP contribution >= 0.6 is 0 Å². The van der Waals surface area contributed by atoms with Crippen LogP contribution in [0, 0.1) is 0 Å². The maximum Gasteiger partial charge on any atom is 0.329 e. The maximum atomic E-state index is 13.8. The van der Waals surface area contributed by atoms with Gasteiger partial charge in [0.2, 0.25) is 29.5 Å². The SMILES string of the molecule is C[C@@H](OCc1ccc(CCCOCc2cccc3c2n(C)c(=O)n3C2CCC(=O)NC2=O)cc1)[C@H](CCC(N)=O)NC(=O)[C@@H]1Cc2cccc3c2N1C(=O)CCC3. The van der Waals surface area contributed by atoms with Crippen LogP contribution in [0.3, 0.4) is 0 Å². The standard InChI is InChI=1S/C43H50N6O8/c1-26(32(18-20-36(44)50)45-42(54)35-23-30-10-3-8-29-9-5-13-38(52)49(35)39(29)30)57-24-28-16-14-27(15-17-28)7-6-22-56-25-31-11-4-12-33-40(31)47(2)43(55)48(33)34-19-21-37(51)46-41(34)53/h3-4,8,10-12,14-17,26,32,34-35H,5-7,9,13,18-25H2,1-2H3,(H2,44,50)(H,45,54)(H,46,51,53)/t26-,32+,34?,35+/m1/s1. The van der Waals surface area contributed by atoms with Gasteiger partial charge in [0, 0.05) is 44.9 Å². The molecule has 1 aromatic heterocycles. The van der Waals surface area contributed by atoms with E-state index in [0.29, 0.717) is 50.1 Å². The second-order valence-corrected chi connectivity index (χ2v) is 15.3. The number of carbonyl (C=O) groups is 5. The molecule has 3 aliphatic heterocycles. The van der Waals surface area contributed by atoms with Crippen molar-refractivity contribution in [2.45, 2.75) is 109 Å². The Bertz CT molecular complexity index is 2240. The van der Waals surface area contributed by atoms with Crippen LogP contribution in [0.25, 0.3) is 11.0 Å². The Morgan fingerprint density at radius 2 is 1.70 bits per heavy atom. The first-order chi connectivity index (χ1) is 27.5. The number of aromatic nitrogens is 2. The number of piperidine rings is 1. The van der Waals surface area contributed by atoms with Gasteiger partial charge in [-0.25, -0.2) is 4.79 Å². The predicted molar refractivity (Wildman–Crippen MR) is 212 cm³/mol. The molecule has 4 aromatic rings. The molecule has 0 radical (unpaired) electrons. The highest BCUT2D eigenvalue weighted by Crippen LogP contribution is 2.39. The summed E-state index contributed by atoms with van der Waals surface area (Å²) in [4.78, 5) is 77.8. The summed E-state index contributed by atoms with van der Waals surface area (Å²) in [6, 6.07) is 17.8. The van der Waals surface area contributed by atoms with Crippen LogP contribution in [0.5, 0.6) is 0 Å². The van der Waals surface area contributed by atoms with Crippen molar-refractivity contribution in [1.82, 2.24) is 19.8 Å². The van der Waals surface area contributed by atoms with Crippen molar-refractivity contribution >= 4 is 46.3 Å². The molecule has 0 saturated carbocycles. The number of imide groups is 1. The fraction of sp³-hybridized carbons (Fsp3) is 0.442. The molecule has 3 aromatic carbocycles. The normalized spacial score (nSPS) is 18.9. The monoisotopic (exact) mass is 778 g/mol. The third-order valence-electron chi connectivity index (χ3n) is 11.4. The minimum Gasteiger partial charge on any atom is -0.377 e. The molecular formula is C43H50N6O8. The van der Waals surface area contributed by atoms with Gasteiger partial charge in [-0.1, -0.05) is 54.6 Å². The van der Waals surface area contributed by atoms with Crippen molar-refractivity contribution in [3.63, 3.8) is 0 Å². The summed E-state index contributed by atoms with van der Waals surface area (Å²) in [5.74, 6) is -1.57. The van der Waals surface area contributed by atoms with Crippen molar-refractivity contribution in [2.24, 2.45) is 12.8 Å². The molecule has 7 rings (SSSR count). The van der Waals surface area contributed by atoms with Gasteiger partial charge < -0.3 is 20.5 Å². The topological polar surface area (TPSA) is 184 Å². The van der Waals surface area contributed by atoms with E-state index < -0.39 is 36.0 Å². The van der Waals surface area contributed by atoms with E-state index in [-0.39, 0.29) is 42.7 Å². The highest BCUT2D eigenvalue weighted by atomic mass is 16.5. The summed E-state index contributed by atoms with van der Waals surface area (Å²) < 4.78 is 15.3. The molecule has 4 heterocycles. The molecule has 300 valence electrons. The van der Waals surface area contributed by atoms with Crippen molar-refractivity contribution in [3.05, 3.63) is 99.0 Å². The third-order valence-corrected chi connectivity index (χ3v) is 11.4. The van der Waals surface area contributed by atoms with E-state index in [0.717, 1.165) is 59.2 Å². The summed E-state index contributed by atoms with van der Waals surface area (Å²) in [5.41, 5.74) is 12.4. The molecule has 14 heteroatoms. The lowest BCUT2D eigenvalue weighted by Gasteiger charge is -2.29. The van der Waals surface area contributed by atoms with Gasteiger partial charge >= 0.3 is 5.69 Å². The Kier molecular flexibility index (Phi) is 12.0. The molecule has 57 heavy (non-hydrogen) atoms. The summed E-state index contributed by atoms with van der Waals surface area (Å²) in [6.45, 7) is 2.96. The Labute approximate surface area is 330 Å². The molecule has 4 N–H and O–H groups in total. The quantitative estimate of drug-likeness (QED) is 0.114. The van der Waals surface area contributed by atoms with E-state index in [1.165, 1.54) is 9.13 Å². The number of fused-ring (bicyclic) bond motifs is 1. The largest absolute Gasteiger partial charge is 0.377 e. The highest BCUT2D eigenvalue weighted by Gasteiger charge is 2.41. The lowest BCUT2D eigenvalue weighted by molar-refractivity contribution is -0.135. The average Bonchev–Trinajstić information content (AvgIpc) is 3.65. The zero-order valence-corrected chi connectivity index (χ0v) is 32.5. The molecule has 1 unspecified atom stereocenters. The number of nitrogens with two attached hydrogens (primary N) is 1. The van der Waals surface area contributed by atoms with E-state index in [9.17, 15) is 28.8 Å². The maximum absolute atomic E-state index is 13.8. The van der Waals surface area contributed by atoms with Crippen LogP contribution in [0.1, 0.15) is 85.7 Å². The number of para-hydroxylation sites is 2. The molecule has 5 amide bonds. The summed E-state index contributed by atoms with van der Waals surface area (Å²) in [7, 11) is 1.68. The lowest BCUT2D eigenvalue weighted by atomic mass is 10.0. The molecule has 14 nitrogen and oxygen atoms in total. The zero-order chi connectivity index (χ0) is 40.2. The smallest absolute Gasteiger partial charge is 0.329 e. The molecular weight excluding hydrogens is 729 g/mol. The molecule has 0 bridgehead atoms. The van der Waals surface area contributed by atoms with Gasteiger partial charge in [0.15, 0.2) is 0 Å². The van der Waals surface area contributed by atoms with Gasteiger partial charge in [-0.05, 0) is 73.8 Å². The number of anilines is 1. The van der Waals surface area contributed by atoms with Crippen molar-refractivity contribution < 1.29 is 33.4 Å². The first-order valence-electron chi connectivity index (χ1n) is 19.8. The van der Waals surface area contributed by atoms with E-state index in [4.69, 9.17) is 15.2 Å². The summed E-state index contributed by atoms with van der Waals surface area (Å²) in [6.07, 6.45) is 4.37. The first-order valence-corrected chi connectivity index (χ1v) is 19.8. The number of hydrogen-bond donors (Lipinski definition) is 3. The number of ether oxygens (including phenoxy) is 2. The minimum atomic E-state index is -0.743. The molecule has 1 fully saturated rings. The second kappa shape index (κ2) is 17.3. The van der Waals surface area contributed by atoms with Crippen LogP contribution in [0.15, 0.2) is 65.5 Å². The number of aryl methyl sites for hydroxylation is 3. The van der Waals surface area contributed by atoms with Gasteiger partial charge in [0.05, 0.1) is 42.1 Å². The van der Waals surface area contributed by atoms with E-state index in [2.05, 4.69) is 10.6 Å². The number of carbonyl (C=O) groups excluding carboxylic acids is 5. The van der Waals surface area contributed by atoms with Crippen molar-refractivity contribution in [2.75, 3.05) is 11.5 Å². The predicted octanol–water partition coefficient (Wildman–Crippen LogP) is 3.42. The Morgan fingerprint density at radius 3 is 2.47 bits per heavy atom. The number of nitrogens with one attached hydrogen (secondary N) is 2. The average molecular weight is 779 g/mol. The Hall–Kier alpha value is -5.60. The summed E-state index contributed by atoms with van der Waals surface area (Å²) >= 11 is 0. The number of rotatable bonds is 16. The van der Waals surface area contributed by atoms with Gasteiger partial charge in [-0.15, -0.1) is 0 Å². The fourth-order valence-corrected chi connectivity index (χ4v) is 8.41. The van der Waals surface area contributed by atoms with Crippen LogP contribution < -0.4 is 27.0 Å². The Morgan fingerprint density at radius 1 is 0.947 bits per heavy atom. The number of amides is 5. The van der Waals surface area contributed by atoms with Crippen LogP contribution in [0.2, 0.25) is 0 Å². The lowest BCUT2D eigenvalue weighted by Crippen LogP contribution is -2.53. The number of primary amides is 1. The summed E-state index contributed by atoms with van der Waals surface area (Å²) in [5, 5.41) is 5.44. The van der Waals surface area contributed by atoms with Crippen molar-refractivity contribution in [3.8, 4) is 0 Å². The van der Waals surface area contributed by atoms with E-state index >= 15 is 0 Å². The fourth-order valence-electron chi connectivity index (χ4n) is 8.41. The van der Waals surface area contributed by atoms with Gasteiger partial charge in [-0.2, -0.15) is 0 Å². The number of imidazole rings is 1. The first kappa shape index (κ1) is 39.6. The molecule has 0 aliphatic carbocycles. The zero-order valence-electron chi connectivity index (χ0n) is 32.5. The number of hydrogen-bond acceptors (Lipinski definition) is 8.